The Kier molecular flexibility index (Phi) is 2.44. The van der Waals surface area contributed by atoms with Gasteiger partial charge in [-0.15, -0.1) is 0 Å². The molecule has 1 aliphatic heterocycles. The molecule has 2 atom stereocenters. The van der Waals surface area contributed by atoms with Crippen molar-refractivity contribution < 1.29 is 4.74 Å². The number of nitrogens with zero attached hydrogens (tertiary/aromatic N) is 4. The zero-order chi connectivity index (χ0) is 11.8. The van der Waals surface area contributed by atoms with E-state index in [2.05, 4.69) is 27.3 Å². The number of aryl methyl sites for hydroxylation is 1. The Morgan fingerprint density at radius 3 is 3.18 bits per heavy atom. The first-order chi connectivity index (χ1) is 8.24. The summed E-state index contributed by atoms with van der Waals surface area (Å²) in [5.41, 5.74) is 0.930. The molecule has 0 amide bonds. The predicted octanol–water partition coefficient (Wildman–Crippen LogP) is 1.02. The minimum Gasteiger partial charge on any atom is -0.376 e. The Balaban J connectivity index is 1.96. The molecule has 0 radical (unpaired) electrons. The maximum Gasteiger partial charge on any atom is 0.254 e. The van der Waals surface area contributed by atoms with E-state index >= 15 is 0 Å². The van der Waals surface area contributed by atoms with Crippen molar-refractivity contribution in [2.24, 2.45) is 0 Å². The van der Waals surface area contributed by atoms with Crippen molar-refractivity contribution in [3.63, 3.8) is 0 Å². The first kappa shape index (κ1) is 10.5. The van der Waals surface area contributed by atoms with Gasteiger partial charge in [0, 0.05) is 18.4 Å². The molecular weight excluding hydrogens is 218 g/mol. The van der Waals surface area contributed by atoms with Gasteiger partial charge in [0.2, 0.25) is 0 Å². The van der Waals surface area contributed by atoms with E-state index in [0.717, 1.165) is 24.5 Å². The maximum absolute atomic E-state index is 5.54. The van der Waals surface area contributed by atoms with Gasteiger partial charge in [-0.2, -0.15) is 14.6 Å². The highest BCUT2D eigenvalue weighted by Crippen LogP contribution is 2.19. The Labute approximate surface area is 99.0 Å². The van der Waals surface area contributed by atoms with Gasteiger partial charge in [-0.05, 0) is 20.3 Å². The lowest BCUT2D eigenvalue weighted by molar-refractivity contribution is 0.121. The average molecular weight is 233 g/mol. The third-order valence-corrected chi connectivity index (χ3v) is 3.09. The normalized spacial score (nSPS) is 24.4. The SMILES string of the molecule is Cc1cc(NC2CCOC2C)n2ncnc2n1. The molecule has 3 rings (SSSR count). The van der Waals surface area contributed by atoms with Crippen molar-refractivity contribution >= 4 is 11.6 Å². The molecule has 0 aliphatic carbocycles. The molecule has 1 N–H and O–H groups in total. The molecule has 2 aromatic heterocycles. The fraction of sp³-hybridized carbons (Fsp3) is 0.545. The monoisotopic (exact) mass is 233 g/mol. The van der Waals surface area contributed by atoms with Crippen LogP contribution in [0.4, 0.5) is 5.82 Å². The zero-order valence-corrected chi connectivity index (χ0v) is 9.92. The lowest BCUT2D eigenvalue weighted by atomic mass is 10.1. The molecule has 17 heavy (non-hydrogen) atoms. The van der Waals surface area contributed by atoms with E-state index in [1.54, 1.807) is 4.52 Å². The second kappa shape index (κ2) is 3.96. The van der Waals surface area contributed by atoms with Gasteiger partial charge in [-0.25, -0.2) is 4.98 Å². The van der Waals surface area contributed by atoms with Crippen molar-refractivity contribution in [1.82, 2.24) is 19.6 Å². The second-order valence-corrected chi connectivity index (χ2v) is 4.37. The minimum atomic E-state index is 0.224. The molecule has 1 aliphatic rings. The van der Waals surface area contributed by atoms with E-state index in [0.29, 0.717) is 11.8 Å². The van der Waals surface area contributed by atoms with Crippen LogP contribution in [0.5, 0.6) is 0 Å². The van der Waals surface area contributed by atoms with Gasteiger partial charge in [0.05, 0.1) is 12.1 Å². The lowest BCUT2D eigenvalue weighted by Gasteiger charge is -2.17. The number of hydrogen-bond acceptors (Lipinski definition) is 5. The van der Waals surface area contributed by atoms with Crippen LogP contribution in [-0.2, 0) is 4.74 Å². The van der Waals surface area contributed by atoms with E-state index in [9.17, 15) is 0 Å². The number of hydrogen-bond donors (Lipinski definition) is 1. The highest BCUT2D eigenvalue weighted by Gasteiger charge is 2.24. The topological polar surface area (TPSA) is 64.3 Å². The predicted molar refractivity (Wildman–Crippen MR) is 63.0 cm³/mol. The Bertz CT molecular complexity index is 538. The van der Waals surface area contributed by atoms with E-state index < -0.39 is 0 Å². The fourth-order valence-corrected chi connectivity index (χ4v) is 2.14. The van der Waals surface area contributed by atoms with Crippen LogP contribution in [0.2, 0.25) is 0 Å². The van der Waals surface area contributed by atoms with Gasteiger partial charge in [-0.3, -0.25) is 0 Å². The van der Waals surface area contributed by atoms with Crippen molar-refractivity contribution in [3.05, 3.63) is 18.1 Å². The van der Waals surface area contributed by atoms with E-state index in [4.69, 9.17) is 4.74 Å². The number of nitrogens with one attached hydrogen (secondary N) is 1. The van der Waals surface area contributed by atoms with Gasteiger partial charge < -0.3 is 10.1 Å². The van der Waals surface area contributed by atoms with Crippen LogP contribution in [-0.4, -0.2) is 38.3 Å². The Morgan fingerprint density at radius 1 is 1.53 bits per heavy atom. The van der Waals surface area contributed by atoms with Crippen molar-refractivity contribution in [1.29, 1.82) is 0 Å². The Morgan fingerprint density at radius 2 is 2.41 bits per heavy atom. The van der Waals surface area contributed by atoms with Crippen molar-refractivity contribution in [2.45, 2.75) is 32.4 Å². The van der Waals surface area contributed by atoms with Crippen molar-refractivity contribution in [2.75, 3.05) is 11.9 Å². The number of fused-ring (bicyclic) bond motifs is 1. The second-order valence-electron chi connectivity index (χ2n) is 4.37. The molecule has 3 heterocycles. The molecule has 90 valence electrons. The molecule has 1 saturated heterocycles. The lowest BCUT2D eigenvalue weighted by Crippen LogP contribution is -2.28. The van der Waals surface area contributed by atoms with E-state index in [-0.39, 0.29) is 6.10 Å². The third-order valence-electron chi connectivity index (χ3n) is 3.09. The number of aromatic nitrogens is 4. The van der Waals surface area contributed by atoms with Crippen LogP contribution < -0.4 is 5.32 Å². The fourth-order valence-electron chi connectivity index (χ4n) is 2.14. The first-order valence-electron chi connectivity index (χ1n) is 5.79. The summed E-state index contributed by atoms with van der Waals surface area (Å²) in [6.07, 6.45) is 2.75. The molecule has 0 saturated carbocycles. The third kappa shape index (κ3) is 1.84. The molecule has 0 spiro atoms. The van der Waals surface area contributed by atoms with Crippen LogP contribution in [0.25, 0.3) is 5.78 Å². The summed E-state index contributed by atoms with van der Waals surface area (Å²) < 4.78 is 7.26. The van der Waals surface area contributed by atoms with Gasteiger partial charge in [0.1, 0.15) is 12.1 Å². The molecule has 0 aromatic carbocycles. The standard InChI is InChI=1S/C11H15N5O/c1-7-5-10(15-9-3-4-17-8(9)2)16-11(14-7)12-6-13-16/h5-6,8-9,15H,3-4H2,1-2H3. The summed E-state index contributed by atoms with van der Waals surface area (Å²) in [7, 11) is 0. The van der Waals surface area contributed by atoms with Crippen LogP contribution in [0.15, 0.2) is 12.4 Å². The summed E-state index contributed by atoms with van der Waals surface area (Å²) >= 11 is 0. The number of anilines is 1. The first-order valence-corrected chi connectivity index (χ1v) is 5.79. The average Bonchev–Trinajstić information content (AvgIpc) is 2.88. The van der Waals surface area contributed by atoms with Gasteiger partial charge in [-0.1, -0.05) is 0 Å². The summed E-state index contributed by atoms with van der Waals surface area (Å²) in [5.74, 6) is 1.55. The van der Waals surface area contributed by atoms with Gasteiger partial charge >= 0.3 is 0 Å². The van der Waals surface area contributed by atoms with Crippen LogP contribution in [0.3, 0.4) is 0 Å². The number of rotatable bonds is 2. The molecule has 6 nitrogen and oxygen atoms in total. The Hall–Kier alpha value is -1.69. The van der Waals surface area contributed by atoms with E-state index in [1.807, 2.05) is 13.0 Å². The van der Waals surface area contributed by atoms with Crippen LogP contribution >= 0.6 is 0 Å². The van der Waals surface area contributed by atoms with E-state index in [1.165, 1.54) is 6.33 Å². The minimum absolute atomic E-state index is 0.224. The quantitative estimate of drug-likeness (QED) is 0.839. The zero-order valence-electron chi connectivity index (χ0n) is 9.92. The van der Waals surface area contributed by atoms with Crippen LogP contribution in [0, 0.1) is 6.92 Å². The molecule has 6 heteroatoms. The highest BCUT2D eigenvalue weighted by atomic mass is 16.5. The van der Waals surface area contributed by atoms with Gasteiger partial charge in [0.15, 0.2) is 0 Å². The number of ether oxygens (including phenoxy) is 1. The molecule has 2 unspecified atom stereocenters. The van der Waals surface area contributed by atoms with Crippen LogP contribution in [0.1, 0.15) is 19.0 Å². The molecule has 0 bridgehead atoms. The largest absolute Gasteiger partial charge is 0.376 e. The molecule has 2 aromatic rings. The van der Waals surface area contributed by atoms with Crippen molar-refractivity contribution in [3.8, 4) is 0 Å². The summed E-state index contributed by atoms with van der Waals surface area (Å²) in [6.45, 7) is 4.84. The molecule has 1 fully saturated rings. The smallest absolute Gasteiger partial charge is 0.254 e. The maximum atomic E-state index is 5.54. The molecular formula is C11H15N5O. The van der Waals surface area contributed by atoms with Gasteiger partial charge in [0.25, 0.3) is 5.78 Å². The summed E-state index contributed by atoms with van der Waals surface area (Å²) in [4.78, 5) is 8.41. The highest BCUT2D eigenvalue weighted by molar-refractivity contribution is 5.45. The summed E-state index contributed by atoms with van der Waals surface area (Å²) in [5, 5.41) is 7.62. The summed E-state index contributed by atoms with van der Waals surface area (Å²) in [6, 6.07) is 2.30.